The molecule has 2 rings (SSSR count). The van der Waals surface area contributed by atoms with E-state index in [0.29, 0.717) is 29.5 Å². The summed E-state index contributed by atoms with van der Waals surface area (Å²) in [4.78, 5) is 23.2. The van der Waals surface area contributed by atoms with Gasteiger partial charge in [0.15, 0.2) is 18.1 Å². The highest BCUT2D eigenvalue weighted by Crippen LogP contribution is 2.32. The van der Waals surface area contributed by atoms with Crippen molar-refractivity contribution in [1.29, 1.82) is 0 Å². The molecule has 0 saturated carbocycles. The molecule has 1 aliphatic rings. The number of nitrogens with one attached hydrogen (secondary N) is 1. The zero-order valence-electron chi connectivity index (χ0n) is 11.5. The average molecular weight is 279 g/mol. The number of rotatable bonds is 5. The maximum atomic E-state index is 11.8. The van der Waals surface area contributed by atoms with Crippen LogP contribution < -0.4 is 14.8 Å². The van der Waals surface area contributed by atoms with Crippen LogP contribution in [0.15, 0.2) is 18.2 Å². The first kappa shape index (κ1) is 14.2. The van der Waals surface area contributed by atoms with Gasteiger partial charge in [-0.1, -0.05) is 13.8 Å². The van der Waals surface area contributed by atoms with Crippen LogP contribution in [0.3, 0.4) is 0 Å². The SMILES string of the molecule is CC(C)CNC(=O)COC(=O)c1ccc2c(c1)OCO2. The predicted octanol–water partition coefficient (Wildman–Crippen LogP) is 1.34. The number of carbonyl (C=O) groups is 2. The van der Waals surface area contributed by atoms with Crippen molar-refractivity contribution in [2.24, 2.45) is 5.92 Å². The molecular weight excluding hydrogens is 262 g/mol. The standard InChI is InChI=1S/C14H17NO5/c1-9(2)6-15-13(16)7-18-14(17)10-3-4-11-12(5-10)20-8-19-11/h3-5,9H,6-8H2,1-2H3,(H,15,16). The molecule has 6 heteroatoms. The van der Waals surface area contributed by atoms with E-state index in [0.717, 1.165) is 0 Å². The molecule has 1 aromatic rings. The molecule has 0 unspecified atom stereocenters. The molecule has 0 spiro atoms. The molecule has 0 aromatic heterocycles. The van der Waals surface area contributed by atoms with E-state index in [2.05, 4.69) is 5.32 Å². The van der Waals surface area contributed by atoms with Gasteiger partial charge in [0.1, 0.15) is 0 Å². The second-order valence-corrected chi connectivity index (χ2v) is 4.84. The van der Waals surface area contributed by atoms with Crippen molar-refractivity contribution < 1.29 is 23.8 Å². The lowest BCUT2D eigenvalue weighted by Gasteiger charge is -2.08. The summed E-state index contributed by atoms with van der Waals surface area (Å²) < 4.78 is 15.3. The summed E-state index contributed by atoms with van der Waals surface area (Å²) in [6.45, 7) is 4.38. The first-order valence-electron chi connectivity index (χ1n) is 6.39. The van der Waals surface area contributed by atoms with Crippen LogP contribution in [0.25, 0.3) is 0 Å². The fourth-order valence-corrected chi connectivity index (χ4v) is 1.61. The summed E-state index contributed by atoms with van der Waals surface area (Å²) in [6.07, 6.45) is 0. The normalized spacial score (nSPS) is 12.3. The van der Waals surface area contributed by atoms with E-state index in [1.165, 1.54) is 6.07 Å². The Morgan fingerprint density at radius 3 is 2.80 bits per heavy atom. The van der Waals surface area contributed by atoms with Gasteiger partial charge in [0.2, 0.25) is 6.79 Å². The molecule has 1 heterocycles. The van der Waals surface area contributed by atoms with Crippen molar-refractivity contribution in [2.45, 2.75) is 13.8 Å². The minimum Gasteiger partial charge on any atom is -0.454 e. The monoisotopic (exact) mass is 279 g/mol. The molecule has 1 amide bonds. The third-order valence-electron chi connectivity index (χ3n) is 2.65. The molecule has 1 N–H and O–H groups in total. The Bertz CT molecular complexity index is 512. The molecule has 0 bridgehead atoms. The number of esters is 1. The van der Waals surface area contributed by atoms with Gasteiger partial charge in [-0.2, -0.15) is 0 Å². The highest BCUT2D eigenvalue weighted by molar-refractivity contribution is 5.92. The first-order valence-corrected chi connectivity index (χ1v) is 6.39. The van der Waals surface area contributed by atoms with Gasteiger partial charge in [0.05, 0.1) is 5.56 Å². The van der Waals surface area contributed by atoms with Crippen LogP contribution in [-0.4, -0.2) is 31.8 Å². The Balaban J connectivity index is 1.84. The van der Waals surface area contributed by atoms with Crippen LogP contribution in [0.2, 0.25) is 0 Å². The molecule has 6 nitrogen and oxygen atoms in total. The van der Waals surface area contributed by atoms with Gasteiger partial charge >= 0.3 is 5.97 Å². The highest BCUT2D eigenvalue weighted by Gasteiger charge is 2.17. The fourth-order valence-electron chi connectivity index (χ4n) is 1.61. The van der Waals surface area contributed by atoms with Crippen LogP contribution in [-0.2, 0) is 9.53 Å². The van der Waals surface area contributed by atoms with Crippen LogP contribution in [0.4, 0.5) is 0 Å². The van der Waals surface area contributed by atoms with Gasteiger partial charge in [-0.3, -0.25) is 4.79 Å². The van der Waals surface area contributed by atoms with E-state index in [1.54, 1.807) is 12.1 Å². The number of ether oxygens (including phenoxy) is 3. The van der Waals surface area contributed by atoms with Gasteiger partial charge in [0.25, 0.3) is 5.91 Å². The van der Waals surface area contributed by atoms with Gasteiger partial charge in [-0.25, -0.2) is 4.79 Å². The van der Waals surface area contributed by atoms with Crippen molar-refractivity contribution in [3.8, 4) is 11.5 Å². The van der Waals surface area contributed by atoms with Crippen LogP contribution in [0.5, 0.6) is 11.5 Å². The summed E-state index contributed by atoms with van der Waals surface area (Å²) in [5, 5.41) is 2.67. The number of fused-ring (bicyclic) bond motifs is 1. The minimum atomic E-state index is -0.567. The van der Waals surface area contributed by atoms with Crippen molar-refractivity contribution in [3.05, 3.63) is 23.8 Å². The Kier molecular flexibility index (Phi) is 4.45. The van der Waals surface area contributed by atoms with E-state index in [4.69, 9.17) is 14.2 Å². The molecule has 0 aliphatic carbocycles. The number of hydrogen-bond donors (Lipinski definition) is 1. The summed E-state index contributed by atoms with van der Waals surface area (Å²) in [6, 6.07) is 4.75. The second kappa shape index (κ2) is 6.27. The van der Waals surface area contributed by atoms with E-state index < -0.39 is 5.97 Å². The quantitative estimate of drug-likeness (QED) is 0.823. The molecule has 20 heavy (non-hydrogen) atoms. The maximum absolute atomic E-state index is 11.8. The van der Waals surface area contributed by atoms with Crippen molar-refractivity contribution >= 4 is 11.9 Å². The van der Waals surface area contributed by atoms with Crippen LogP contribution in [0.1, 0.15) is 24.2 Å². The lowest BCUT2D eigenvalue weighted by atomic mass is 10.2. The second-order valence-electron chi connectivity index (χ2n) is 4.84. The maximum Gasteiger partial charge on any atom is 0.338 e. The van der Waals surface area contributed by atoms with Crippen LogP contribution in [0, 0.1) is 5.92 Å². The number of benzene rings is 1. The third-order valence-corrected chi connectivity index (χ3v) is 2.65. The molecule has 0 radical (unpaired) electrons. The largest absolute Gasteiger partial charge is 0.454 e. The number of carbonyl (C=O) groups excluding carboxylic acids is 2. The Hall–Kier alpha value is -2.24. The molecule has 1 aliphatic heterocycles. The zero-order chi connectivity index (χ0) is 14.5. The number of amides is 1. The molecule has 108 valence electrons. The van der Waals surface area contributed by atoms with E-state index in [1.807, 2.05) is 13.8 Å². The summed E-state index contributed by atoms with van der Waals surface area (Å²) in [5.41, 5.74) is 0.325. The highest BCUT2D eigenvalue weighted by atomic mass is 16.7. The van der Waals surface area contributed by atoms with E-state index in [9.17, 15) is 9.59 Å². The first-order chi connectivity index (χ1) is 9.56. The molecular formula is C14H17NO5. The van der Waals surface area contributed by atoms with Gasteiger partial charge < -0.3 is 19.5 Å². The van der Waals surface area contributed by atoms with Gasteiger partial charge in [0, 0.05) is 6.54 Å². The third kappa shape index (κ3) is 3.63. The lowest BCUT2D eigenvalue weighted by molar-refractivity contribution is -0.124. The van der Waals surface area contributed by atoms with Crippen molar-refractivity contribution in [2.75, 3.05) is 19.9 Å². The summed E-state index contributed by atoms with van der Waals surface area (Å²) >= 11 is 0. The molecule has 0 fully saturated rings. The Morgan fingerprint density at radius 2 is 2.05 bits per heavy atom. The zero-order valence-corrected chi connectivity index (χ0v) is 11.5. The van der Waals surface area contributed by atoms with Gasteiger partial charge in [-0.05, 0) is 24.1 Å². The average Bonchev–Trinajstić information content (AvgIpc) is 2.89. The van der Waals surface area contributed by atoms with Crippen molar-refractivity contribution in [1.82, 2.24) is 5.32 Å². The van der Waals surface area contributed by atoms with Crippen molar-refractivity contribution in [3.63, 3.8) is 0 Å². The van der Waals surface area contributed by atoms with E-state index >= 15 is 0 Å². The minimum absolute atomic E-state index is 0.144. The summed E-state index contributed by atoms with van der Waals surface area (Å²) in [5.74, 6) is 0.569. The summed E-state index contributed by atoms with van der Waals surface area (Å²) in [7, 11) is 0. The topological polar surface area (TPSA) is 73.9 Å². The smallest absolute Gasteiger partial charge is 0.338 e. The number of hydrogen-bond acceptors (Lipinski definition) is 5. The predicted molar refractivity (Wildman–Crippen MR) is 70.7 cm³/mol. The lowest BCUT2D eigenvalue weighted by Crippen LogP contribution is -2.31. The Labute approximate surface area is 117 Å². The molecule has 0 atom stereocenters. The fraction of sp³-hybridized carbons (Fsp3) is 0.429. The van der Waals surface area contributed by atoms with E-state index in [-0.39, 0.29) is 19.3 Å². The molecule has 1 aromatic carbocycles. The molecule has 0 saturated heterocycles. The van der Waals surface area contributed by atoms with Crippen LogP contribution >= 0.6 is 0 Å². The van der Waals surface area contributed by atoms with Gasteiger partial charge in [-0.15, -0.1) is 0 Å². The Morgan fingerprint density at radius 1 is 1.30 bits per heavy atom.